The summed E-state index contributed by atoms with van der Waals surface area (Å²) in [5.74, 6) is -0.523. The van der Waals surface area contributed by atoms with Crippen molar-refractivity contribution in [1.82, 2.24) is 4.31 Å². The Morgan fingerprint density at radius 3 is 2.60 bits per heavy atom. The maximum absolute atomic E-state index is 13.0. The number of anilines is 2. The van der Waals surface area contributed by atoms with Crippen molar-refractivity contribution in [3.63, 3.8) is 0 Å². The van der Waals surface area contributed by atoms with Gasteiger partial charge < -0.3 is 10.2 Å². The van der Waals surface area contributed by atoms with Gasteiger partial charge in [-0.3, -0.25) is 9.59 Å². The molecule has 30 heavy (non-hydrogen) atoms. The Morgan fingerprint density at radius 1 is 1.20 bits per heavy atom. The van der Waals surface area contributed by atoms with Crippen LogP contribution >= 0.6 is 11.6 Å². The van der Waals surface area contributed by atoms with Crippen LogP contribution in [0.3, 0.4) is 0 Å². The number of sulfonamides is 1. The molecule has 0 saturated heterocycles. The average molecular weight is 450 g/mol. The molecule has 1 aliphatic heterocycles. The molecule has 1 aliphatic rings. The fourth-order valence-corrected chi connectivity index (χ4v) is 4.89. The van der Waals surface area contributed by atoms with E-state index in [1.165, 1.54) is 20.0 Å². The van der Waals surface area contributed by atoms with Crippen LogP contribution in [-0.2, 0) is 26.0 Å². The largest absolute Gasteiger partial charge is 0.325 e. The molecule has 0 fully saturated rings. The highest BCUT2D eigenvalue weighted by atomic mass is 35.5. The van der Waals surface area contributed by atoms with Crippen LogP contribution in [0.25, 0.3) is 0 Å². The van der Waals surface area contributed by atoms with Crippen LogP contribution in [0.2, 0.25) is 5.02 Å². The summed E-state index contributed by atoms with van der Waals surface area (Å²) in [6.07, 6.45) is 1.47. The van der Waals surface area contributed by atoms with E-state index in [1.54, 1.807) is 42.2 Å². The summed E-state index contributed by atoms with van der Waals surface area (Å²) in [7, 11) is -2.50. The van der Waals surface area contributed by atoms with Gasteiger partial charge >= 0.3 is 0 Å². The first-order chi connectivity index (χ1) is 14.1. The third-order valence-electron chi connectivity index (χ3n) is 5.09. The first kappa shape index (κ1) is 22.3. The highest BCUT2D eigenvalue weighted by Gasteiger charge is 2.26. The van der Waals surface area contributed by atoms with Gasteiger partial charge in [0.15, 0.2) is 0 Å². The third kappa shape index (κ3) is 4.66. The molecule has 1 N–H and O–H groups in total. The Hall–Kier alpha value is -2.42. The van der Waals surface area contributed by atoms with Crippen molar-refractivity contribution in [3.8, 4) is 0 Å². The van der Waals surface area contributed by atoms with Gasteiger partial charge in [-0.1, -0.05) is 11.6 Å². The number of fused-ring (bicyclic) bond motifs is 1. The molecule has 9 heteroatoms. The number of hydrogen-bond donors (Lipinski definition) is 1. The molecule has 0 saturated carbocycles. The normalized spacial score (nSPS) is 13.8. The monoisotopic (exact) mass is 449 g/mol. The summed E-state index contributed by atoms with van der Waals surface area (Å²) in [6.45, 7) is 3.59. The number of nitrogens with one attached hydrogen (secondary N) is 1. The molecule has 2 aromatic carbocycles. The summed E-state index contributed by atoms with van der Waals surface area (Å²) in [5.41, 5.74) is 2.91. The lowest BCUT2D eigenvalue weighted by Crippen LogP contribution is -2.36. The smallest absolute Gasteiger partial charge is 0.243 e. The maximum Gasteiger partial charge on any atom is 0.243 e. The minimum Gasteiger partial charge on any atom is -0.325 e. The van der Waals surface area contributed by atoms with E-state index in [9.17, 15) is 18.0 Å². The van der Waals surface area contributed by atoms with E-state index in [-0.39, 0.29) is 17.3 Å². The zero-order valence-corrected chi connectivity index (χ0v) is 18.7. The Balaban J connectivity index is 1.76. The topological polar surface area (TPSA) is 86.8 Å². The Morgan fingerprint density at radius 2 is 1.93 bits per heavy atom. The molecule has 0 spiro atoms. The second kappa shape index (κ2) is 8.75. The van der Waals surface area contributed by atoms with Gasteiger partial charge in [0.25, 0.3) is 0 Å². The fourth-order valence-electron chi connectivity index (χ4n) is 3.49. The molecule has 0 bridgehead atoms. The van der Waals surface area contributed by atoms with Crippen molar-refractivity contribution in [3.05, 3.63) is 52.5 Å². The van der Waals surface area contributed by atoms with Gasteiger partial charge in [-0.15, -0.1) is 0 Å². The molecule has 0 atom stereocenters. The zero-order valence-electron chi connectivity index (χ0n) is 17.1. The van der Waals surface area contributed by atoms with Crippen LogP contribution in [-0.4, -0.2) is 44.7 Å². The average Bonchev–Trinajstić information content (AvgIpc) is 2.69. The standard InChI is InChI=1S/C21H24ClN3O4S/c1-14-11-17(22)6-8-19(14)23-21(27)13-24(3)30(28,29)18-7-9-20-16(12-18)5-4-10-25(20)15(2)26/h6-9,11-12H,4-5,10,13H2,1-3H3,(H,23,27). The summed E-state index contributed by atoms with van der Waals surface area (Å²) < 4.78 is 27.0. The molecule has 1 heterocycles. The molecule has 0 aliphatic carbocycles. The quantitative estimate of drug-likeness (QED) is 0.759. The van der Waals surface area contributed by atoms with Gasteiger partial charge in [0.2, 0.25) is 21.8 Å². The van der Waals surface area contributed by atoms with Crippen LogP contribution in [0.1, 0.15) is 24.5 Å². The van der Waals surface area contributed by atoms with E-state index in [0.717, 1.165) is 27.5 Å². The predicted octanol–water partition coefficient (Wildman–Crippen LogP) is 3.21. The van der Waals surface area contributed by atoms with Crippen molar-refractivity contribution in [2.24, 2.45) is 0 Å². The lowest BCUT2D eigenvalue weighted by Gasteiger charge is -2.29. The molecule has 3 rings (SSSR count). The Bertz CT molecular complexity index is 1100. The van der Waals surface area contributed by atoms with Gasteiger partial charge in [-0.2, -0.15) is 4.31 Å². The fraction of sp³-hybridized carbons (Fsp3) is 0.333. The second-order valence-electron chi connectivity index (χ2n) is 7.33. The number of hydrogen-bond acceptors (Lipinski definition) is 4. The molecule has 0 aromatic heterocycles. The van der Waals surface area contributed by atoms with Crippen LogP contribution < -0.4 is 10.2 Å². The lowest BCUT2D eigenvalue weighted by molar-refractivity contribution is -0.117. The van der Waals surface area contributed by atoms with Crippen LogP contribution in [0, 0.1) is 6.92 Å². The van der Waals surface area contributed by atoms with Crippen molar-refractivity contribution >= 4 is 44.8 Å². The van der Waals surface area contributed by atoms with Gasteiger partial charge in [0.05, 0.1) is 11.4 Å². The summed E-state index contributed by atoms with van der Waals surface area (Å²) in [4.78, 5) is 26.0. The lowest BCUT2D eigenvalue weighted by atomic mass is 10.0. The number of rotatable bonds is 5. The van der Waals surface area contributed by atoms with Crippen LogP contribution in [0.4, 0.5) is 11.4 Å². The maximum atomic E-state index is 13.0. The van der Waals surface area contributed by atoms with E-state index in [0.29, 0.717) is 23.7 Å². The van der Waals surface area contributed by atoms with Gasteiger partial charge in [-0.25, -0.2) is 8.42 Å². The summed E-state index contributed by atoms with van der Waals surface area (Å²) in [5, 5.41) is 3.27. The number of halogens is 1. The number of likely N-dealkylation sites (N-methyl/N-ethyl adjacent to an activating group) is 1. The van der Waals surface area contributed by atoms with Crippen molar-refractivity contribution in [1.29, 1.82) is 0 Å². The number of amides is 2. The SMILES string of the molecule is CC(=O)N1CCCc2cc(S(=O)(=O)N(C)CC(=O)Nc3ccc(Cl)cc3C)ccc21. The van der Waals surface area contributed by atoms with E-state index >= 15 is 0 Å². The summed E-state index contributed by atoms with van der Waals surface area (Å²) in [6, 6.07) is 9.78. The van der Waals surface area contributed by atoms with E-state index in [4.69, 9.17) is 11.6 Å². The molecule has 2 amide bonds. The number of benzene rings is 2. The molecule has 7 nitrogen and oxygen atoms in total. The van der Waals surface area contributed by atoms with Crippen molar-refractivity contribution in [2.45, 2.75) is 31.6 Å². The molecular weight excluding hydrogens is 426 g/mol. The first-order valence-corrected chi connectivity index (χ1v) is 11.3. The molecule has 0 unspecified atom stereocenters. The Kier molecular flexibility index (Phi) is 6.50. The number of nitrogens with zero attached hydrogens (tertiary/aromatic N) is 2. The molecule has 2 aromatic rings. The van der Waals surface area contributed by atoms with Gasteiger partial charge in [0.1, 0.15) is 0 Å². The highest BCUT2D eigenvalue weighted by molar-refractivity contribution is 7.89. The number of carbonyl (C=O) groups excluding carboxylic acids is 2. The minimum atomic E-state index is -3.87. The van der Waals surface area contributed by atoms with E-state index in [2.05, 4.69) is 5.32 Å². The minimum absolute atomic E-state index is 0.0714. The predicted molar refractivity (Wildman–Crippen MR) is 117 cm³/mol. The van der Waals surface area contributed by atoms with Gasteiger partial charge in [-0.05, 0) is 67.3 Å². The number of aryl methyl sites for hydroxylation is 2. The first-order valence-electron chi connectivity index (χ1n) is 9.53. The Labute approximate surface area is 181 Å². The number of carbonyl (C=O) groups is 2. The van der Waals surface area contributed by atoms with E-state index in [1.807, 2.05) is 0 Å². The second-order valence-corrected chi connectivity index (χ2v) is 9.81. The van der Waals surface area contributed by atoms with E-state index < -0.39 is 15.9 Å². The zero-order chi connectivity index (χ0) is 22.1. The van der Waals surface area contributed by atoms with Gasteiger partial charge in [0, 0.05) is 36.9 Å². The molecule has 0 radical (unpaired) electrons. The van der Waals surface area contributed by atoms with Crippen molar-refractivity contribution < 1.29 is 18.0 Å². The van der Waals surface area contributed by atoms with Crippen LogP contribution in [0.5, 0.6) is 0 Å². The third-order valence-corrected chi connectivity index (χ3v) is 7.12. The summed E-state index contributed by atoms with van der Waals surface area (Å²) >= 11 is 5.92. The highest BCUT2D eigenvalue weighted by Crippen LogP contribution is 2.30. The molecular formula is C21H24ClN3O4S. The van der Waals surface area contributed by atoms with Crippen LogP contribution in [0.15, 0.2) is 41.3 Å². The molecule has 160 valence electrons. The van der Waals surface area contributed by atoms with Crippen molar-refractivity contribution in [2.75, 3.05) is 30.4 Å².